The second kappa shape index (κ2) is 16.7. The molecule has 50 heavy (non-hydrogen) atoms. The normalized spacial score (nSPS) is 22.8. The Balaban J connectivity index is 0.000000184. The average Bonchev–Trinajstić information content (AvgIpc) is 3.05. The first-order chi connectivity index (χ1) is 22.9. The number of piperidine rings is 2. The smallest absolute Gasteiger partial charge is 0 e. The molecule has 0 spiro atoms. The van der Waals surface area contributed by atoms with Gasteiger partial charge >= 0.3 is 33.0 Å². The van der Waals surface area contributed by atoms with Crippen molar-refractivity contribution in [2.45, 2.75) is 50.6 Å². The summed E-state index contributed by atoms with van der Waals surface area (Å²) in [5, 5.41) is 19.6. The van der Waals surface area contributed by atoms with Gasteiger partial charge in [0.1, 0.15) is 0 Å². The Morgan fingerprint density at radius 2 is 1.02 bits per heavy atom. The standard InChI is InChI=1S/C12H8N2.2C11H11F2N.F6P.Ir/c1-3-9-5-6-10-4-2-8-14-12(10)11(9)13-7-1;2*12-8-4-5-9(10(13)7-8)11-3-1-2-6-14-11;1-7(2,3,4,5)6;/h1-8H;2*4,7,11H,1-3,6H2;;/q3*-2;-1;. The maximum atomic E-state index is 13.3. The molecule has 0 aromatic heterocycles. The summed E-state index contributed by atoms with van der Waals surface area (Å²) in [6.07, 6.45) is 20.6. The molecule has 277 valence electrons. The van der Waals surface area contributed by atoms with Gasteiger partial charge in [-0.25, -0.2) is 0 Å². The molecule has 2 aliphatic carbocycles. The zero-order chi connectivity index (χ0) is 35.7. The van der Waals surface area contributed by atoms with E-state index in [2.05, 4.69) is 57.0 Å². The van der Waals surface area contributed by atoms with Crippen molar-refractivity contribution in [2.24, 2.45) is 0 Å². The van der Waals surface area contributed by atoms with Gasteiger partial charge in [-0.2, -0.15) is 12.4 Å². The molecule has 0 bridgehead atoms. The summed E-state index contributed by atoms with van der Waals surface area (Å²) >= 11 is 0. The van der Waals surface area contributed by atoms with E-state index in [1.165, 1.54) is 12.2 Å². The first-order valence-electron chi connectivity index (χ1n) is 15.2. The van der Waals surface area contributed by atoms with Crippen molar-refractivity contribution in [3.63, 3.8) is 0 Å². The maximum absolute atomic E-state index is 13.3. The van der Waals surface area contributed by atoms with Crippen LogP contribution in [0.1, 0.15) is 38.5 Å². The fourth-order valence-electron chi connectivity index (χ4n) is 5.15. The third-order valence-electron chi connectivity index (χ3n) is 7.26. The summed E-state index contributed by atoms with van der Waals surface area (Å²) in [6.45, 7) is 1.55. The monoisotopic (exact) mass is 908 g/mol. The van der Waals surface area contributed by atoms with Gasteiger partial charge in [-0.15, -0.1) is 72.0 Å². The van der Waals surface area contributed by atoms with Crippen LogP contribution in [0.4, 0.5) is 54.1 Å². The number of rotatable bonds is 2. The average molecular weight is 908 g/mol. The summed E-state index contributed by atoms with van der Waals surface area (Å²) in [7, 11) is -10.7. The molecule has 0 saturated carbocycles. The second-order valence-electron chi connectivity index (χ2n) is 11.2. The van der Waals surface area contributed by atoms with Crippen molar-refractivity contribution in [3.8, 4) is 0 Å². The van der Waals surface area contributed by atoms with E-state index in [0.717, 1.165) is 85.6 Å². The van der Waals surface area contributed by atoms with Crippen molar-refractivity contribution in [2.75, 3.05) is 13.1 Å². The zero-order valence-electron chi connectivity index (χ0n) is 26.1. The van der Waals surface area contributed by atoms with Crippen LogP contribution in [0.2, 0.25) is 0 Å². The molecule has 2 fully saturated rings. The molecule has 4 nitrogen and oxygen atoms in total. The first-order valence-corrected chi connectivity index (χ1v) is 17.2. The van der Waals surface area contributed by atoms with E-state index in [-0.39, 0.29) is 32.2 Å². The number of hydrogen-bond donors (Lipinski definition) is 0. The van der Waals surface area contributed by atoms with Gasteiger partial charge in [-0.1, -0.05) is 75.0 Å². The quantitative estimate of drug-likeness (QED) is 0.123. The summed E-state index contributed by atoms with van der Waals surface area (Å²) in [4.78, 5) is 0. The van der Waals surface area contributed by atoms with E-state index in [4.69, 9.17) is 0 Å². The number of nitrogens with zero attached hydrogens (tertiary/aromatic N) is 4. The van der Waals surface area contributed by atoms with Crippen LogP contribution in [0.15, 0.2) is 95.3 Å². The van der Waals surface area contributed by atoms with Crippen LogP contribution in [0, 0.1) is 12.3 Å². The predicted molar refractivity (Wildman–Crippen MR) is 175 cm³/mol. The summed E-state index contributed by atoms with van der Waals surface area (Å²) < 4.78 is 111. The zero-order valence-corrected chi connectivity index (χ0v) is 29.4. The van der Waals surface area contributed by atoms with Crippen LogP contribution in [-0.2, 0) is 20.1 Å². The number of fused-ring (bicyclic) bond motifs is 3. The number of hydrogen-bond acceptors (Lipinski definition) is 0. The van der Waals surface area contributed by atoms with Crippen LogP contribution in [0.3, 0.4) is 0 Å². The van der Waals surface area contributed by atoms with Gasteiger partial charge in [-0.05, 0) is 10.4 Å². The summed E-state index contributed by atoms with van der Waals surface area (Å²) in [5.41, 5.74) is 8.03. The molecule has 1 aromatic carbocycles. The molecular formula is C34H30F10IrN4P-7. The minimum Gasteiger partial charge on any atom is 0 e. The minimum absolute atomic E-state index is 0. The van der Waals surface area contributed by atoms with Gasteiger partial charge in [-0.3, -0.25) is 29.0 Å². The molecule has 2 saturated heterocycles. The molecule has 7 rings (SSSR count). The van der Waals surface area contributed by atoms with E-state index >= 15 is 0 Å². The van der Waals surface area contributed by atoms with E-state index in [9.17, 15) is 42.7 Å². The van der Waals surface area contributed by atoms with Crippen LogP contribution in [0.5, 0.6) is 0 Å². The molecule has 4 heterocycles. The van der Waals surface area contributed by atoms with Crippen LogP contribution in [-0.4, -0.2) is 25.2 Å². The Hall–Kier alpha value is -3.40. The Morgan fingerprint density at radius 3 is 1.34 bits per heavy atom. The molecule has 2 unspecified atom stereocenters. The van der Waals surface area contributed by atoms with E-state index in [0.29, 0.717) is 11.1 Å². The molecule has 0 amide bonds. The van der Waals surface area contributed by atoms with Crippen LogP contribution < -0.4 is 10.4 Å². The fraction of sp³-hybridized carbons (Fsp3) is 0.294. The van der Waals surface area contributed by atoms with Gasteiger partial charge < -0.3 is 21.3 Å². The predicted octanol–water partition coefficient (Wildman–Crippen LogP) is 12.4. The molecule has 0 N–H and O–H groups in total. The second-order valence-corrected chi connectivity index (χ2v) is 13.1. The number of halogens is 10. The third-order valence-corrected chi connectivity index (χ3v) is 7.26. The van der Waals surface area contributed by atoms with Crippen LogP contribution in [0.25, 0.3) is 33.4 Å². The van der Waals surface area contributed by atoms with Gasteiger partial charge in [0.2, 0.25) is 0 Å². The number of benzene rings is 1. The Morgan fingerprint density at radius 1 is 0.640 bits per heavy atom. The maximum Gasteiger partial charge on any atom is 0 e. The molecule has 4 aliphatic heterocycles. The van der Waals surface area contributed by atoms with Crippen molar-refractivity contribution < 1.29 is 62.8 Å². The summed E-state index contributed by atoms with van der Waals surface area (Å²) in [6, 6.07) is 3.91. The summed E-state index contributed by atoms with van der Waals surface area (Å²) in [5.74, 6) is -1.16. The number of allylic oxidation sites excluding steroid dienone is 6. The van der Waals surface area contributed by atoms with Gasteiger partial charge in [0.25, 0.3) is 0 Å². The largest absolute Gasteiger partial charge is 0 e. The van der Waals surface area contributed by atoms with Gasteiger partial charge in [0.15, 0.2) is 0 Å². The molecule has 1 aromatic rings. The Labute approximate surface area is 296 Å². The van der Waals surface area contributed by atoms with Crippen molar-refractivity contribution in [1.29, 1.82) is 0 Å². The third kappa shape index (κ3) is 14.1. The Kier molecular flexibility index (Phi) is 13.7. The molecular weight excluding hydrogens is 878 g/mol. The van der Waals surface area contributed by atoms with E-state index in [1.807, 2.05) is 12.2 Å². The fourth-order valence-corrected chi connectivity index (χ4v) is 5.15. The van der Waals surface area contributed by atoms with E-state index < -0.39 is 31.8 Å². The molecule has 6 aliphatic rings. The topological polar surface area (TPSA) is 56.4 Å². The molecule has 16 heteroatoms. The Bertz CT molecular complexity index is 1630. The van der Waals surface area contributed by atoms with E-state index in [1.54, 1.807) is 12.4 Å². The SMILES string of the molecule is C1=C[N-]c2c3c(ccc2=C1)=CC=C[N-]3.FC1=C[C-](F)C(C2CCCC[N-]2)=C=C1.FC1=C[C-](F)C(C2CCCC[N-]2)=C=C1.F[P-](F)(F)(F)(F)F.[Ir]. The van der Waals surface area contributed by atoms with Crippen molar-refractivity contribution in [1.82, 2.24) is 0 Å². The van der Waals surface area contributed by atoms with Gasteiger partial charge in [0.05, 0.1) is 0 Å². The van der Waals surface area contributed by atoms with Gasteiger partial charge in [0, 0.05) is 44.1 Å². The van der Waals surface area contributed by atoms with Crippen LogP contribution >= 0.6 is 7.81 Å². The minimum atomic E-state index is -10.7. The van der Waals surface area contributed by atoms with Crippen molar-refractivity contribution >= 4 is 31.3 Å². The molecule has 2 atom stereocenters. The first kappa shape index (κ1) is 41.0. The van der Waals surface area contributed by atoms with Crippen molar-refractivity contribution in [3.05, 3.63) is 139 Å². The molecule has 1 radical (unpaired) electrons.